The molecule has 5 heteroatoms. The number of aryl methyl sites for hydroxylation is 1. The van der Waals surface area contributed by atoms with E-state index in [1.807, 2.05) is 24.3 Å². The zero-order chi connectivity index (χ0) is 14.1. The predicted molar refractivity (Wildman–Crippen MR) is 78.5 cm³/mol. The van der Waals surface area contributed by atoms with E-state index >= 15 is 0 Å². The fourth-order valence-electron chi connectivity index (χ4n) is 2.14. The number of nitrogens with zero attached hydrogens (tertiary/aromatic N) is 4. The van der Waals surface area contributed by atoms with Crippen molar-refractivity contribution in [1.29, 1.82) is 0 Å². The number of hydrogen-bond acceptors (Lipinski definition) is 4. The summed E-state index contributed by atoms with van der Waals surface area (Å²) >= 11 is 0. The first-order valence-corrected chi connectivity index (χ1v) is 6.36. The van der Waals surface area contributed by atoms with Crippen LogP contribution in [0.2, 0.25) is 0 Å². The highest BCUT2D eigenvalue weighted by atomic mass is 15.5. The van der Waals surface area contributed by atoms with Crippen molar-refractivity contribution in [2.24, 2.45) is 0 Å². The number of nitrogen functional groups attached to an aromatic ring is 1. The van der Waals surface area contributed by atoms with Crippen molar-refractivity contribution in [1.82, 2.24) is 20.0 Å². The maximum atomic E-state index is 6.20. The minimum Gasteiger partial charge on any atom is -0.382 e. The van der Waals surface area contributed by atoms with Crippen molar-refractivity contribution in [2.75, 3.05) is 5.73 Å². The molecule has 5 nitrogen and oxygen atoms in total. The van der Waals surface area contributed by atoms with Gasteiger partial charge >= 0.3 is 0 Å². The quantitative estimate of drug-likeness (QED) is 0.773. The number of anilines is 1. The van der Waals surface area contributed by atoms with Crippen molar-refractivity contribution < 1.29 is 0 Å². The minimum absolute atomic E-state index is 0.520. The Labute approximate surface area is 117 Å². The van der Waals surface area contributed by atoms with E-state index in [9.17, 15) is 0 Å². The summed E-state index contributed by atoms with van der Waals surface area (Å²) in [4.78, 5) is 4.08. The largest absolute Gasteiger partial charge is 0.382 e. The van der Waals surface area contributed by atoms with Gasteiger partial charge in [-0.1, -0.05) is 17.3 Å². The van der Waals surface area contributed by atoms with Gasteiger partial charge < -0.3 is 5.73 Å². The SMILES string of the molecule is Cc1cccc(-n2nnc(-c3cccnc3)c2N)c1C. The maximum absolute atomic E-state index is 6.20. The average molecular weight is 265 g/mol. The molecule has 20 heavy (non-hydrogen) atoms. The molecular weight excluding hydrogens is 250 g/mol. The number of benzene rings is 1. The van der Waals surface area contributed by atoms with Gasteiger partial charge in [-0.25, -0.2) is 0 Å². The molecule has 3 rings (SSSR count). The van der Waals surface area contributed by atoms with E-state index in [0.29, 0.717) is 11.5 Å². The van der Waals surface area contributed by atoms with Crippen molar-refractivity contribution in [3.63, 3.8) is 0 Å². The van der Waals surface area contributed by atoms with Gasteiger partial charge in [-0.05, 0) is 43.2 Å². The van der Waals surface area contributed by atoms with Gasteiger partial charge in [-0.3, -0.25) is 4.98 Å². The van der Waals surface area contributed by atoms with E-state index in [4.69, 9.17) is 5.73 Å². The van der Waals surface area contributed by atoms with E-state index in [1.54, 1.807) is 17.1 Å². The monoisotopic (exact) mass is 265 g/mol. The van der Waals surface area contributed by atoms with E-state index < -0.39 is 0 Å². The molecule has 0 aliphatic heterocycles. The Morgan fingerprint density at radius 1 is 1.10 bits per heavy atom. The Hall–Kier alpha value is -2.69. The second-order valence-corrected chi connectivity index (χ2v) is 4.70. The van der Waals surface area contributed by atoms with Crippen LogP contribution in [0, 0.1) is 13.8 Å². The molecule has 0 aliphatic carbocycles. The first-order valence-electron chi connectivity index (χ1n) is 6.36. The molecule has 0 bridgehead atoms. The minimum atomic E-state index is 0.520. The molecule has 0 fully saturated rings. The normalized spacial score (nSPS) is 10.7. The molecule has 2 N–H and O–H groups in total. The molecule has 0 unspecified atom stereocenters. The lowest BCUT2D eigenvalue weighted by molar-refractivity contribution is 0.804. The van der Waals surface area contributed by atoms with Gasteiger partial charge in [-0.2, -0.15) is 4.68 Å². The summed E-state index contributed by atoms with van der Waals surface area (Å²) in [6.07, 6.45) is 3.45. The number of aromatic nitrogens is 4. The lowest BCUT2D eigenvalue weighted by Gasteiger charge is -2.09. The van der Waals surface area contributed by atoms with Crippen LogP contribution in [-0.2, 0) is 0 Å². The molecule has 0 radical (unpaired) electrons. The molecule has 2 aromatic heterocycles. The van der Waals surface area contributed by atoms with E-state index in [1.165, 1.54) is 5.56 Å². The molecule has 0 atom stereocenters. The summed E-state index contributed by atoms with van der Waals surface area (Å²) in [6, 6.07) is 9.81. The van der Waals surface area contributed by atoms with Gasteiger partial charge in [0.15, 0.2) is 5.82 Å². The maximum Gasteiger partial charge on any atom is 0.155 e. The van der Waals surface area contributed by atoms with E-state index in [0.717, 1.165) is 16.8 Å². The lowest BCUT2D eigenvalue weighted by atomic mass is 10.1. The molecule has 3 aromatic rings. The van der Waals surface area contributed by atoms with Crippen LogP contribution in [0.15, 0.2) is 42.7 Å². The summed E-state index contributed by atoms with van der Waals surface area (Å²) < 4.78 is 1.67. The van der Waals surface area contributed by atoms with Gasteiger partial charge in [0.1, 0.15) is 5.69 Å². The lowest BCUT2D eigenvalue weighted by Crippen LogP contribution is -2.05. The van der Waals surface area contributed by atoms with Crippen molar-refractivity contribution in [2.45, 2.75) is 13.8 Å². The number of rotatable bonds is 2. The summed E-state index contributed by atoms with van der Waals surface area (Å²) in [6.45, 7) is 4.11. The van der Waals surface area contributed by atoms with Gasteiger partial charge in [0, 0.05) is 18.0 Å². The second kappa shape index (κ2) is 4.77. The van der Waals surface area contributed by atoms with Crippen LogP contribution in [-0.4, -0.2) is 20.0 Å². The Morgan fingerprint density at radius 3 is 2.70 bits per heavy atom. The third-order valence-electron chi connectivity index (χ3n) is 3.44. The zero-order valence-electron chi connectivity index (χ0n) is 11.4. The highest BCUT2D eigenvalue weighted by Gasteiger charge is 2.14. The Balaban J connectivity index is 2.14. The standard InChI is InChI=1S/C15H15N5/c1-10-5-3-7-13(11(10)2)20-15(16)14(18-19-20)12-6-4-8-17-9-12/h3-9H,16H2,1-2H3. The fraction of sp³-hybridized carbons (Fsp3) is 0.133. The van der Waals surface area contributed by atoms with Crippen LogP contribution in [0.3, 0.4) is 0 Å². The first-order chi connectivity index (χ1) is 9.68. The van der Waals surface area contributed by atoms with Crippen molar-refractivity contribution in [3.05, 3.63) is 53.9 Å². The molecule has 2 heterocycles. The molecule has 0 aliphatic rings. The third-order valence-corrected chi connectivity index (χ3v) is 3.44. The van der Waals surface area contributed by atoms with Gasteiger partial charge in [0.25, 0.3) is 0 Å². The van der Waals surface area contributed by atoms with Crippen LogP contribution >= 0.6 is 0 Å². The van der Waals surface area contributed by atoms with E-state index in [-0.39, 0.29) is 0 Å². The number of hydrogen-bond donors (Lipinski definition) is 1. The molecule has 0 saturated carbocycles. The topological polar surface area (TPSA) is 69.6 Å². The van der Waals surface area contributed by atoms with Gasteiger partial charge in [0.05, 0.1) is 5.69 Å². The van der Waals surface area contributed by atoms with Crippen molar-refractivity contribution in [3.8, 4) is 16.9 Å². The van der Waals surface area contributed by atoms with Crippen LogP contribution in [0.25, 0.3) is 16.9 Å². The van der Waals surface area contributed by atoms with Crippen LogP contribution in [0.4, 0.5) is 5.82 Å². The number of pyridine rings is 1. The van der Waals surface area contributed by atoms with Crippen LogP contribution in [0.5, 0.6) is 0 Å². The van der Waals surface area contributed by atoms with Crippen LogP contribution in [0.1, 0.15) is 11.1 Å². The molecular formula is C15H15N5. The Bertz CT molecular complexity index is 746. The van der Waals surface area contributed by atoms with Crippen LogP contribution < -0.4 is 5.73 Å². The van der Waals surface area contributed by atoms with Gasteiger partial charge in [-0.15, -0.1) is 5.10 Å². The number of nitrogens with two attached hydrogens (primary N) is 1. The van der Waals surface area contributed by atoms with Gasteiger partial charge in [0.2, 0.25) is 0 Å². The predicted octanol–water partition coefficient (Wildman–Crippen LogP) is 2.53. The third kappa shape index (κ3) is 1.93. The summed E-state index contributed by atoms with van der Waals surface area (Å²) in [5.41, 5.74) is 11.0. The average Bonchev–Trinajstić information content (AvgIpc) is 2.85. The smallest absolute Gasteiger partial charge is 0.155 e. The van der Waals surface area contributed by atoms with E-state index in [2.05, 4.69) is 35.2 Å². The Kier molecular flexibility index (Phi) is 2.95. The molecule has 100 valence electrons. The highest BCUT2D eigenvalue weighted by molar-refractivity contribution is 5.70. The fourth-order valence-corrected chi connectivity index (χ4v) is 2.14. The molecule has 0 amide bonds. The Morgan fingerprint density at radius 2 is 1.95 bits per heavy atom. The second-order valence-electron chi connectivity index (χ2n) is 4.70. The zero-order valence-corrected chi connectivity index (χ0v) is 11.4. The summed E-state index contributed by atoms with van der Waals surface area (Å²) in [5.74, 6) is 0.520. The molecule has 1 aromatic carbocycles. The van der Waals surface area contributed by atoms with Crippen molar-refractivity contribution >= 4 is 5.82 Å². The summed E-state index contributed by atoms with van der Waals surface area (Å²) in [5, 5.41) is 8.36. The highest BCUT2D eigenvalue weighted by Crippen LogP contribution is 2.26. The molecule has 0 saturated heterocycles. The first kappa shape index (κ1) is 12.3. The summed E-state index contributed by atoms with van der Waals surface area (Å²) in [7, 11) is 0. The molecule has 0 spiro atoms.